The Morgan fingerprint density at radius 1 is 0.781 bits per heavy atom. The first-order valence-corrected chi connectivity index (χ1v) is 11.6. The lowest BCUT2D eigenvalue weighted by Gasteiger charge is -2.35. The number of fused-ring (bicyclic) bond motifs is 2. The van der Waals surface area contributed by atoms with E-state index in [1.54, 1.807) is 0 Å². The molecule has 32 heavy (non-hydrogen) atoms. The van der Waals surface area contributed by atoms with E-state index in [0.29, 0.717) is 31.7 Å². The largest absolute Gasteiger partial charge is 0.335 e. The predicted molar refractivity (Wildman–Crippen MR) is 126 cm³/mol. The summed E-state index contributed by atoms with van der Waals surface area (Å²) in [5, 5.41) is 0.966. The molecule has 2 aliphatic rings. The fraction of sp³-hybridized carbons (Fsp3) is 0.370. The Morgan fingerprint density at radius 3 is 2.12 bits per heavy atom. The predicted octanol–water partition coefficient (Wildman–Crippen LogP) is 4.33. The second kappa shape index (κ2) is 8.38. The van der Waals surface area contributed by atoms with Crippen LogP contribution >= 0.6 is 0 Å². The lowest BCUT2D eigenvalue weighted by molar-refractivity contribution is 0.0535. The number of pyridine rings is 1. The molecule has 0 atom stereocenters. The number of nitrogens with zero attached hydrogens (tertiary/aromatic N) is 3. The average molecular weight is 428 g/mol. The first-order chi connectivity index (χ1) is 15.5. The number of rotatable bonds is 2. The molecular formula is C27H29N3O2. The minimum absolute atomic E-state index is 0.0412. The van der Waals surface area contributed by atoms with Crippen molar-refractivity contribution in [2.45, 2.75) is 39.5 Å². The van der Waals surface area contributed by atoms with Crippen LogP contribution in [0.5, 0.6) is 0 Å². The number of amides is 2. The number of aromatic nitrogens is 1. The van der Waals surface area contributed by atoms with Gasteiger partial charge in [0.1, 0.15) is 0 Å². The lowest BCUT2D eigenvalue weighted by atomic mass is 9.89. The monoisotopic (exact) mass is 427 g/mol. The van der Waals surface area contributed by atoms with Crippen molar-refractivity contribution in [2.75, 3.05) is 26.2 Å². The van der Waals surface area contributed by atoms with Gasteiger partial charge in [0.15, 0.2) is 0 Å². The molecule has 2 heterocycles. The van der Waals surface area contributed by atoms with Gasteiger partial charge in [-0.15, -0.1) is 0 Å². The summed E-state index contributed by atoms with van der Waals surface area (Å²) >= 11 is 0. The summed E-state index contributed by atoms with van der Waals surface area (Å²) in [6.45, 7) is 6.30. The third-order valence-electron chi connectivity index (χ3n) is 6.78. The summed E-state index contributed by atoms with van der Waals surface area (Å²) in [5.41, 5.74) is 6.96. The molecule has 1 aromatic heterocycles. The van der Waals surface area contributed by atoms with E-state index in [9.17, 15) is 9.59 Å². The van der Waals surface area contributed by atoms with Crippen molar-refractivity contribution in [1.29, 1.82) is 0 Å². The van der Waals surface area contributed by atoms with Crippen LogP contribution in [0.3, 0.4) is 0 Å². The van der Waals surface area contributed by atoms with Gasteiger partial charge in [-0.05, 0) is 69.4 Å². The van der Waals surface area contributed by atoms with E-state index in [1.807, 2.05) is 47.1 Å². The van der Waals surface area contributed by atoms with Crippen LogP contribution in [0, 0.1) is 13.8 Å². The maximum Gasteiger partial charge on any atom is 0.255 e. The van der Waals surface area contributed by atoms with E-state index < -0.39 is 0 Å². The van der Waals surface area contributed by atoms with Crippen LogP contribution in [0.15, 0.2) is 42.5 Å². The first kappa shape index (κ1) is 20.7. The lowest BCUT2D eigenvalue weighted by Crippen LogP contribution is -2.50. The summed E-state index contributed by atoms with van der Waals surface area (Å²) in [6.07, 6.45) is 4.09. The van der Waals surface area contributed by atoms with E-state index in [2.05, 4.69) is 19.1 Å². The number of benzene rings is 2. The van der Waals surface area contributed by atoms with Crippen LogP contribution in [0.25, 0.3) is 10.9 Å². The van der Waals surface area contributed by atoms with Crippen molar-refractivity contribution < 1.29 is 9.59 Å². The third-order valence-corrected chi connectivity index (χ3v) is 6.78. The van der Waals surface area contributed by atoms with Crippen LogP contribution in [0.2, 0.25) is 0 Å². The van der Waals surface area contributed by atoms with Crippen molar-refractivity contribution in [2.24, 2.45) is 0 Å². The average Bonchev–Trinajstić information content (AvgIpc) is 2.82. The van der Waals surface area contributed by atoms with Crippen LogP contribution in [0.1, 0.15) is 55.9 Å². The van der Waals surface area contributed by atoms with Crippen LogP contribution in [0.4, 0.5) is 0 Å². The van der Waals surface area contributed by atoms with Gasteiger partial charge in [-0.3, -0.25) is 14.6 Å². The maximum atomic E-state index is 13.8. The van der Waals surface area contributed by atoms with E-state index in [1.165, 1.54) is 0 Å². The molecule has 0 saturated carbocycles. The number of aryl methyl sites for hydroxylation is 3. The molecule has 1 aliphatic carbocycles. The van der Waals surface area contributed by atoms with Crippen molar-refractivity contribution >= 4 is 22.7 Å². The molecule has 1 fully saturated rings. The highest BCUT2D eigenvalue weighted by Gasteiger charge is 2.29. The molecular weight excluding hydrogens is 398 g/mol. The molecule has 2 aromatic carbocycles. The molecule has 0 radical (unpaired) electrons. The fourth-order valence-electron chi connectivity index (χ4n) is 4.93. The zero-order valence-corrected chi connectivity index (χ0v) is 18.9. The second-order valence-corrected chi connectivity index (χ2v) is 9.09. The Bertz CT molecular complexity index is 1190. The smallest absolute Gasteiger partial charge is 0.255 e. The molecule has 0 bridgehead atoms. The number of hydrogen-bond acceptors (Lipinski definition) is 3. The Balaban J connectivity index is 1.40. The third kappa shape index (κ3) is 3.77. The molecule has 0 unspecified atom stereocenters. The van der Waals surface area contributed by atoms with Gasteiger partial charge in [-0.2, -0.15) is 0 Å². The summed E-state index contributed by atoms with van der Waals surface area (Å²) in [5.74, 6) is 0.128. The Morgan fingerprint density at radius 2 is 1.41 bits per heavy atom. The number of carbonyl (C=O) groups is 2. The fourth-order valence-corrected chi connectivity index (χ4v) is 4.93. The molecule has 5 rings (SSSR count). The van der Waals surface area contributed by atoms with E-state index >= 15 is 0 Å². The standard InChI is InChI=1S/C27H29N3O2/c1-18-7-10-20(11-8-18)26(31)29-13-15-30(16-14-29)27(32)25-21-5-3-4-6-23(21)28-24-12-9-19(2)17-22(24)25/h7-12,17H,3-6,13-16H2,1-2H3. The highest BCUT2D eigenvalue weighted by atomic mass is 16.2. The Labute approximate surface area is 189 Å². The summed E-state index contributed by atoms with van der Waals surface area (Å²) < 4.78 is 0. The zero-order chi connectivity index (χ0) is 22.2. The zero-order valence-electron chi connectivity index (χ0n) is 18.9. The van der Waals surface area contributed by atoms with E-state index in [-0.39, 0.29) is 11.8 Å². The molecule has 1 saturated heterocycles. The number of piperazine rings is 1. The quantitative estimate of drug-likeness (QED) is 0.612. The number of carbonyl (C=O) groups excluding carboxylic acids is 2. The summed E-state index contributed by atoms with van der Waals surface area (Å²) in [6, 6.07) is 13.9. The van der Waals surface area contributed by atoms with Crippen molar-refractivity contribution in [1.82, 2.24) is 14.8 Å². The molecule has 0 N–H and O–H groups in total. The van der Waals surface area contributed by atoms with Gasteiger partial charge in [0.2, 0.25) is 0 Å². The maximum absolute atomic E-state index is 13.8. The minimum atomic E-state index is 0.0412. The molecule has 2 amide bonds. The topological polar surface area (TPSA) is 53.5 Å². The van der Waals surface area contributed by atoms with Gasteiger partial charge in [0.05, 0.1) is 11.1 Å². The molecule has 5 nitrogen and oxygen atoms in total. The molecule has 164 valence electrons. The van der Waals surface area contributed by atoms with Crippen molar-refractivity contribution in [3.63, 3.8) is 0 Å². The minimum Gasteiger partial charge on any atom is -0.335 e. The van der Waals surface area contributed by atoms with Crippen LogP contribution < -0.4 is 0 Å². The molecule has 0 spiro atoms. The first-order valence-electron chi connectivity index (χ1n) is 11.6. The van der Waals surface area contributed by atoms with Crippen LogP contribution in [-0.2, 0) is 12.8 Å². The van der Waals surface area contributed by atoms with Gasteiger partial charge in [0.25, 0.3) is 11.8 Å². The number of hydrogen-bond donors (Lipinski definition) is 0. The van der Waals surface area contributed by atoms with Gasteiger partial charge >= 0.3 is 0 Å². The van der Waals surface area contributed by atoms with Crippen LogP contribution in [-0.4, -0.2) is 52.8 Å². The van der Waals surface area contributed by atoms with Crippen molar-refractivity contribution in [3.05, 3.63) is 76.0 Å². The summed E-state index contributed by atoms with van der Waals surface area (Å²) in [4.78, 5) is 35.3. The van der Waals surface area contributed by atoms with Gasteiger partial charge < -0.3 is 9.80 Å². The Hall–Kier alpha value is -3.21. The molecule has 3 aromatic rings. The van der Waals surface area contributed by atoms with Gasteiger partial charge in [-0.1, -0.05) is 29.3 Å². The highest BCUT2D eigenvalue weighted by Crippen LogP contribution is 2.31. The normalized spacial score (nSPS) is 16.2. The van der Waals surface area contributed by atoms with E-state index in [4.69, 9.17) is 4.98 Å². The molecule has 1 aliphatic heterocycles. The van der Waals surface area contributed by atoms with E-state index in [0.717, 1.165) is 64.5 Å². The molecule has 5 heteroatoms. The van der Waals surface area contributed by atoms with Gasteiger partial charge in [0, 0.05) is 42.8 Å². The van der Waals surface area contributed by atoms with Crippen molar-refractivity contribution in [3.8, 4) is 0 Å². The Kier molecular flexibility index (Phi) is 5.41. The highest BCUT2D eigenvalue weighted by molar-refractivity contribution is 6.08. The second-order valence-electron chi connectivity index (χ2n) is 9.09. The summed E-state index contributed by atoms with van der Waals surface area (Å²) in [7, 11) is 0. The SMILES string of the molecule is Cc1ccc(C(=O)N2CCN(C(=O)c3c4c(nc5ccc(C)cc35)CCCC4)CC2)cc1. The van der Waals surface area contributed by atoms with Gasteiger partial charge in [-0.25, -0.2) is 0 Å².